The summed E-state index contributed by atoms with van der Waals surface area (Å²) in [7, 11) is 0. The Kier molecular flexibility index (Phi) is 6.71. The SMILES string of the molecule is CC(C)(C)c1cccc(C(C)(C)CCC(C)(C)c2cc(Cl)cc(C(C)(C)C)c2)c1. The standard InChI is InChI=1S/C28H41Cl/c1-25(2,3)20-12-11-13-21(16-20)27(7,8)14-15-28(9,10)23-17-22(26(4,5)6)18-24(29)19-23/h11-13,16-19H,14-15H2,1-10H3. The highest BCUT2D eigenvalue weighted by atomic mass is 35.5. The third kappa shape index (κ3) is 6.11. The van der Waals surface area contributed by atoms with Gasteiger partial charge in [0.2, 0.25) is 0 Å². The Morgan fingerprint density at radius 3 is 1.48 bits per heavy atom. The maximum atomic E-state index is 6.51. The first-order chi connectivity index (χ1) is 13.0. The molecule has 0 N–H and O–H groups in total. The van der Waals surface area contributed by atoms with Crippen LogP contribution in [0.2, 0.25) is 5.02 Å². The van der Waals surface area contributed by atoms with Crippen LogP contribution in [-0.2, 0) is 21.7 Å². The molecule has 0 heterocycles. The van der Waals surface area contributed by atoms with E-state index in [4.69, 9.17) is 11.6 Å². The molecule has 2 aromatic rings. The van der Waals surface area contributed by atoms with Crippen LogP contribution >= 0.6 is 11.6 Å². The molecule has 0 unspecified atom stereocenters. The minimum Gasteiger partial charge on any atom is -0.0843 e. The molecule has 2 rings (SSSR count). The first-order valence-electron chi connectivity index (χ1n) is 10.9. The summed E-state index contributed by atoms with van der Waals surface area (Å²) in [6.07, 6.45) is 2.24. The number of benzene rings is 2. The molecule has 0 bridgehead atoms. The maximum absolute atomic E-state index is 6.51. The molecule has 0 atom stereocenters. The van der Waals surface area contributed by atoms with Crippen LogP contribution in [-0.4, -0.2) is 0 Å². The molecular formula is C28H41Cl. The highest BCUT2D eigenvalue weighted by Crippen LogP contribution is 2.39. The van der Waals surface area contributed by atoms with Gasteiger partial charge in [-0.3, -0.25) is 0 Å². The summed E-state index contributed by atoms with van der Waals surface area (Å²) in [5.41, 5.74) is 5.97. The summed E-state index contributed by atoms with van der Waals surface area (Å²) in [5.74, 6) is 0. The summed E-state index contributed by atoms with van der Waals surface area (Å²) in [5, 5.41) is 0.845. The molecule has 0 aliphatic rings. The smallest absolute Gasteiger partial charge is 0.0411 e. The van der Waals surface area contributed by atoms with Crippen molar-refractivity contribution in [3.8, 4) is 0 Å². The van der Waals surface area contributed by atoms with Gasteiger partial charge in [-0.15, -0.1) is 0 Å². The van der Waals surface area contributed by atoms with E-state index in [0.717, 1.165) is 17.9 Å². The van der Waals surface area contributed by atoms with Crippen LogP contribution in [0.1, 0.15) is 104 Å². The monoisotopic (exact) mass is 412 g/mol. The topological polar surface area (TPSA) is 0 Å². The number of rotatable bonds is 5. The van der Waals surface area contributed by atoms with Gasteiger partial charge in [-0.2, -0.15) is 0 Å². The molecule has 0 aliphatic carbocycles. The van der Waals surface area contributed by atoms with Gasteiger partial charge in [-0.25, -0.2) is 0 Å². The van der Waals surface area contributed by atoms with Crippen molar-refractivity contribution in [1.29, 1.82) is 0 Å². The van der Waals surface area contributed by atoms with Crippen molar-refractivity contribution in [1.82, 2.24) is 0 Å². The highest BCUT2D eigenvalue weighted by Gasteiger charge is 2.29. The molecule has 160 valence electrons. The summed E-state index contributed by atoms with van der Waals surface area (Å²) in [6, 6.07) is 15.8. The van der Waals surface area contributed by atoms with Crippen LogP contribution in [0, 0.1) is 0 Å². The Morgan fingerprint density at radius 2 is 0.966 bits per heavy atom. The third-order valence-electron chi connectivity index (χ3n) is 6.43. The zero-order valence-electron chi connectivity index (χ0n) is 20.3. The average Bonchev–Trinajstić information content (AvgIpc) is 2.58. The minimum absolute atomic E-state index is 0.0732. The van der Waals surface area contributed by atoms with Gasteiger partial charge < -0.3 is 0 Å². The Morgan fingerprint density at radius 1 is 0.552 bits per heavy atom. The zero-order valence-corrected chi connectivity index (χ0v) is 21.1. The van der Waals surface area contributed by atoms with E-state index in [1.807, 2.05) is 0 Å². The quantitative estimate of drug-likeness (QED) is 0.459. The first kappa shape index (κ1) is 24.0. The number of halogens is 1. The van der Waals surface area contributed by atoms with Crippen LogP contribution in [0.15, 0.2) is 42.5 Å². The molecule has 0 radical (unpaired) electrons. The fourth-order valence-corrected chi connectivity index (χ4v) is 3.97. The molecule has 0 aliphatic heterocycles. The van der Waals surface area contributed by atoms with E-state index in [9.17, 15) is 0 Å². The summed E-state index contributed by atoms with van der Waals surface area (Å²) in [4.78, 5) is 0. The molecule has 2 aromatic carbocycles. The predicted octanol–water partition coefficient (Wildman–Crippen LogP) is 8.97. The third-order valence-corrected chi connectivity index (χ3v) is 6.65. The molecule has 0 fully saturated rings. The van der Waals surface area contributed by atoms with Gasteiger partial charge in [-0.1, -0.05) is 111 Å². The minimum atomic E-state index is 0.0732. The van der Waals surface area contributed by atoms with Crippen molar-refractivity contribution in [3.05, 3.63) is 69.7 Å². The summed E-state index contributed by atoms with van der Waals surface area (Å²) >= 11 is 6.51. The van der Waals surface area contributed by atoms with Gasteiger partial charge in [0.25, 0.3) is 0 Å². The Balaban J connectivity index is 2.27. The molecule has 0 saturated heterocycles. The molecular weight excluding hydrogens is 372 g/mol. The van der Waals surface area contributed by atoms with Crippen molar-refractivity contribution in [2.45, 2.75) is 104 Å². The predicted molar refractivity (Wildman–Crippen MR) is 131 cm³/mol. The molecule has 1 heteroatoms. The normalized spacial score (nSPS) is 13.6. The van der Waals surface area contributed by atoms with Gasteiger partial charge in [0, 0.05) is 5.02 Å². The molecule has 0 aromatic heterocycles. The number of hydrogen-bond acceptors (Lipinski definition) is 0. The van der Waals surface area contributed by atoms with Crippen LogP contribution in [0.3, 0.4) is 0 Å². The second-order valence-electron chi connectivity index (χ2n) is 12.1. The molecule has 0 spiro atoms. The largest absolute Gasteiger partial charge is 0.0843 e. The van der Waals surface area contributed by atoms with E-state index in [-0.39, 0.29) is 21.7 Å². The van der Waals surface area contributed by atoms with Crippen molar-refractivity contribution < 1.29 is 0 Å². The lowest BCUT2D eigenvalue weighted by Gasteiger charge is -2.34. The summed E-state index contributed by atoms with van der Waals surface area (Å²) in [6.45, 7) is 23.1. The summed E-state index contributed by atoms with van der Waals surface area (Å²) < 4.78 is 0. The van der Waals surface area contributed by atoms with Crippen molar-refractivity contribution in [3.63, 3.8) is 0 Å². The fraction of sp³-hybridized carbons (Fsp3) is 0.571. The first-order valence-corrected chi connectivity index (χ1v) is 11.3. The Bertz CT molecular complexity index is 841. The Hall–Kier alpha value is -1.27. The van der Waals surface area contributed by atoms with E-state index < -0.39 is 0 Å². The van der Waals surface area contributed by atoms with Crippen LogP contribution in [0.4, 0.5) is 0 Å². The van der Waals surface area contributed by atoms with Crippen LogP contribution in [0.25, 0.3) is 0 Å². The van der Waals surface area contributed by atoms with Crippen molar-refractivity contribution >= 4 is 11.6 Å². The van der Waals surface area contributed by atoms with E-state index in [1.54, 1.807) is 0 Å². The molecule has 29 heavy (non-hydrogen) atoms. The lowest BCUT2D eigenvalue weighted by molar-refractivity contribution is 0.374. The zero-order chi connectivity index (χ0) is 22.3. The number of hydrogen-bond donors (Lipinski definition) is 0. The fourth-order valence-electron chi connectivity index (χ4n) is 3.73. The molecule has 0 saturated carbocycles. The van der Waals surface area contributed by atoms with Gasteiger partial charge in [0.05, 0.1) is 0 Å². The van der Waals surface area contributed by atoms with E-state index >= 15 is 0 Å². The van der Waals surface area contributed by atoms with E-state index in [2.05, 4.69) is 112 Å². The van der Waals surface area contributed by atoms with E-state index in [0.29, 0.717) is 0 Å². The van der Waals surface area contributed by atoms with Crippen LogP contribution in [0.5, 0.6) is 0 Å². The highest BCUT2D eigenvalue weighted by molar-refractivity contribution is 6.30. The lowest BCUT2D eigenvalue weighted by Crippen LogP contribution is -2.25. The maximum Gasteiger partial charge on any atom is 0.0411 e. The second kappa shape index (κ2) is 8.10. The molecule has 0 amide bonds. The lowest BCUT2D eigenvalue weighted by atomic mass is 9.71. The Labute approximate surface area is 185 Å². The van der Waals surface area contributed by atoms with Gasteiger partial charge in [-0.05, 0) is 68.9 Å². The van der Waals surface area contributed by atoms with Crippen LogP contribution < -0.4 is 0 Å². The van der Waals surface area contributed by atoms with Gasteiger partial charge in [0.15, 0.2) is 0 Å². The van der Waals surface area contributed by atoms with Gasteiger partial charge >= 0.3 is 0 Å². The van der Waals surface area contributed by atoms with E-state index in [1.165, 1.54) is 22.3 Å². The van der Waals surface area contributed by atoms with Crippen molar-refractivity contribution in [2.75, 3.05) is 0 Å². The van der Waals surface area contributed by atoms with Crippen molar-refractivity contribution in [2.24, 2.45) is 0 Å². The van der Waals surface area contributed by atoms with Gasteiger partial charge in [0.1, 0.15) is 0 Å². The second-order valence-corrected chi connectivity index (χ2v) is 12.5. The average molecular weight is 413 g/mol. The molecule has 0 nitrogen and oxygen atoms in total.